The normalized spacial score (nSPS) is 12.6. The highest BCUT2D eigenvalue weighted by molar-refractivity contribution is 5.58. The maximum Gasteiger partial charge on any atom is 0.0923 e. The van der Waals surface area contributed by atoms with Crippen LogP contribution in [0.2, 0.25) is 0 Å². The number of aryl methyl sites for hydroxylation is 1. The Morgan fingerprint density at radius 2 is 1.89 bits per heavy atom. The van der Waals surface area contributed by atoms with E-state index in [0.29, 0.717) is 6.04 Å². The molecule has 1 heterocycles. The Morgan fingerprint density at radius 1 is 1.16 bits per heavy atom. The van der Waals surface area contributed by atoms with Crippen LogP contribution >= 0.6 is 0 Å². The molecule has 1 aromatic carbocycles. The van der Waals surface area contributed by atoms with Crippen molar-refractivity contribution in [3.05, 3.63) is 42.1 Å². The first kappa shape index (κ1) is 13.8. The molecule has 1 N–H and O–H groups in total. The SMILES string of the molecule is CCCNC(CC)c1ccc(-c2ccn(C)n2)cc1. The van der Waals surface area contributed by atoms with Crippen LogP contribution in [0.15, 0.2) is 36.5 Å². The molecule has 0 saturated heterocycles. The summed E-state index contributed by atoms with van der Waals surface area (Å²) < 4.78 is 1.83. The van der Waals surface area contributed by atoms with Crippen molar-refractivity contribution >= 4 is 0 Å². The predicted molar refractivity (Wildman–Crippen MR) is 80.0 cm³/mol. The molecule has 3 nitrogen and oxygen atoms in total. The van der Waals surface area contributed by atoms with Crippen LogP contribution in [0.5, 0.6) is 0 Å². The van der Waals surface area contributed by atoms with Crippen LogP contribution in [0, 0.1) is 0 Å². The highest BCUT2D eigenvalue weighted by atomic mass is 15.2. The van der Waals surface area contributed by atoms with Crippen LogP contribution in [0.1, 0.15) is 38.3 Å². The highest BCUT2D eigenvalue weighted by Gasteiger charge is 2.08. The van der Waals surface area contributed by atoms with E-state index in [-0.39, 0.29) is 0 Å². The molecule has 0 aliphatic carbocycles. The minimum absolute atomic E-state index is 0.456. The lowest BCUT2D eigenvalue weighted by Gasteiger charge is -2.17. The second-order valence-electron chi connectivity index (χ2n) is 4.91. The Balaban J connectivity index is 2.13. The van der Waals surface area contributed by atoms with E-state index in [1.807, 2.05) is 24.0 Å². The Morgan fingerprint density at radius 3 is 2.42 bits per heavy atom. The summed E-state index contributed by atoms with van der Waals surface area (Å²) in [7, 11) is 1.94. The average molecular weight is 257 g/mol. The lowest BCUT2D eigenvalue weighted by atomic mass is 10.0. The van der Waals surface area contributed by atoms with Crippen LogP contribution < -0.4 is 5.32 Å². The monoisotopic (exact) mass is 257 g/mol. The molecule has 0 spiro atoms. The largest absolute Gasteiger partial charge is 0.310 e. The first-order valence-corrected chi connectivity index (χ1v) is 7.08. The van der Waals surface area contributed by atoms with Gasteiger partial charge in [0.15, 0.2) is 0 Å². The van der Waals surface area contributed by atoms with E-state index in [1.165, 1.54) is 17.5 Å². The third kappa shape index (κ3) is 3.44. The fourth-order valence-corrected chi connectivity index (χ4v) is 2.27. The van der Waals surface area contributed by atoms with Gasteiger partial charge in [0.2, 0.25) is 0 Å². The summed E-state index contributed by atoms with van der Waals surface area (Å²) in [5, 5.41) is 8.01. The summed E-state index contributed by atoms with van der Waals surface area (Å²) in [4.78, 5) is 0. The van der Waals surface area contributed by atoms with Gasteiger partial charge in [-0.15, -0.1) is 0 Å². The van der Waals surface area contributed by atoms with E-state index in [2.05, 4.69) is 48.5 Å². The zero-order chi connectivity index (χ0) is 13.7. The summed E-state index contributed by atoms with van der Waals surface area (Å²) >= 11 is 0. The minimum atomic E-state index is 0.456. The zero-order valence-corrected chi connectivity index (χ0v) is 12.1. The molecule has 102 valence electrons. The van der Waals surface area contributed by atoms with Crippen molar-refractivity contribution in [2.45, 2.75) is 32.7 Å². The summed E-state index contributed by atoms with van der Waals surface area (Å²) in [6, 6.07) is 11.2. The molecule has 0 aliphatic rings. The van der Waals surface area contributed by atoms with Gasteiger partial charge in [0.05, 0.1) is 5.69 Å². The fourth-order valence-electron chi connectivity index (χ4n) is 2.27. The number of benzene rings is 1. The first-order chi connectivity index (χ1) is 9.24. The zero-order valence-electron chi connectivity index (χ0n) is 12.1. The fraction of sp³-hybridized carbons (Fsp3) is 0.438. The van der Waals surface area contributed by atoms with Crippen LogP contribution in [-0.2, 0) is 7.05 Å². The highest BCUT2D eigenvalue weighted by Crippen LogP contribution is 2.22. The summed E-state index contributed by atoms with van der Waals surface area (Å²) in [6.45, 7) is 5.49. The van der Waals surface area contributed by atoms with E-state index in [0.717, 1.165) is 18.7 Å². The molecule has 2 aromatic rings. The molecule has 0 amide bonds. The van der Waals surface area contributed by atoms with E-state index < -0.39 is 0 Å². The lowest BCUT2D eigenvalue weighted by molar-refractivity contribution is 0.518. The maximum absolute atomic E-state index is 4.43. The van der Waals surface area contributed by atoms with E-state index in [9.17, 15) is 0 Å². The molecular weight excluding hydrogens is 234 g/mol. The van der Waals surface area contributed by atoms with Gasteiger partial charge in [0, 0.05) is 24.8 Å². The second-order valence-corrected chi connectivity index (χ2v) is 4.91. The van der Waals surface area contributed by atoms with Gasteiger partial charge in [0.1, 0.15) is 0 Å². The van der Waals surface area contributed by atoms with Gasteiger partial charge in [-0.05, 0) is 31.0 Å². The molecule has 1 aromatic heterocycles. The number of rotatable bonds is 6. The van der Waals surface area contributed by atoms with Crippen molar-refractivity contribution in [1.82, 2.24) is 15.1 Å². The summed E-state index contributed by atoms with van der Waals surface area (Å²) in [5.74, 6) is 0. The molecular formula is C16H23N3. The second kappa shape index (κ2) is 6.53. The predicted octanol–water partition coefficient (Wildman–Crippen LogP) is 3.54. The molecule has 0 saturated carbocycles. The van der Waals surface area contributed by atoms with Crippen molar-refractivity contribution in [3.8, 4) is 11.3 Å². The van der Waals surface area contributed by atoms with Crippen LogP contribution in [0.3, 0.4) is 0 Å². The van der Waals surface area contributed by atoms with Gasteiger partial charge in [-0.1, -0.05) is 38.1 Å². The minimum Gasteiger partial charge on any atom is -0.310 e. The van der Waals surface area contributed by atoms with Crippen LogP contribution in [0.25, 0.3) is 11.3 Å². The summed E-state index contributed by atoms with van der Waals surface area (Å²) in [5.41, 5.74) is 3.56. The van der Waals surface area contributed by atoms with Gasteiger partial charge >= 0.3 is 0 Å². The topological polar surface area (TPSA) is 29.9 Å². The maximum atomic E-state index is 4.43. The Bertz CT molecular complexity index is 499. The van der Waals surface area contributed by atoms with Gasteiger partial charge < -0.3 is 5.32 Å². The molecule has 3 heteroatoms. The van der Waals surface area contributed by atoms with Gasteiger partial charge in [-0.2, -0.15) is 5.10 Å². The molecule has 1 atom stereocenters. The lowest BCUT2D eigenvalue weighted by Crippen LogP contribution is -2.21. The quantitative estimate of drug-likeness (QED) is 0.858. The number of aromatic nitrogens is 2. The standard InChI is InChI=1S/C16H23N3/c1-4-11-17-15(5-2)13-6-8-14(9-7-13)16-10-12-19(3)18-16/h6-10,12,15,17H,4-5,11H2,1-3H3. The van der Waals surface area contributed by atoms with Crippen LogP contribution in [-0.4, -0.2) is 16.3 Å². The molecule has 0 radical (unpaired) electrons. The third-order valence-corrected chi connectivity index (χ3v) is 3.37. The number of hydrogen-bond acceptors (Lipinski definition) is 2. The van der Waals surface area contributed by atoms with E-state index in [1.54, 1.807) is 0 Å². The molecule has 0 aliphatic heterocycles. The smallest absolute Gasteiger partial charge is 0.0923 e. The molecule has 2 rings (SSSR count). The van der Waals surface area contributed by atoms with E-state index >= 15 is 0 Å². The van der Waals surface area contributed by atoms with Crippen molar-refractivity contribution in [3.63, 3.8) is 0 Å². The van der Waals surface area contributed by atoms with Crippen molar-refractivity contribution in [1.29, 1.82) is 0 Å². The van der Waals surface area contributed by atoms with Crippen LogP contribution in [0.4, 0.5) is 0 Å². The average Bonchev–Trinajstić information content (AvgIpc) is 2.87. The van der Waals surface area contributed by atoms with Crippen molar-refractivity contribution in [2.24, 2.45) is 7.05 Å². The first-order valence-electron chi connectivity index (χ1n) is 7.08. The Kier molecular flexibility index (Phi) is 4.74. The number of nitrogens with one attached hydrogen (secondary N) is 1. The number of nitrogens with zero attached hydrogens (tertiary/aromatic N) is 2. The Labute approximate surface area is 115 Å². The molecule has 1 unspecified atom stereocenters. The molecule has 0 fully saturated rings. The number of hydrogen-bond donors (Lipinski definition) is 1. The Hall–Kier alpha value is -1.61. The van der Waals surface area contributed by atoms with Gasteiger partial charge in [0.25, 0.3) is 0 Å². The van der Waals surface area contributed by atoms with Gasteiger partial charge in [-0.25, -0.2) is 0 Å². The van der Waals surface area contributed by atoms with Crippen molar-refractivity contribution < 1.29 is 0 Å². The summed E-state index contributed by atoms with van der Waals surface area (Å²) in [6.07, 6.45) is 4.26. The van der Waals surface area contributed by atoms with Crippen molar-refractivity contribution in [2.75, 3.05) is 6.54 Å². The molecule has 0 bridgehead atoms. The molecule has 19 heavy (non-hydrogen) atoms. The van der Waals surface area contributed by atoms with Gasteiger partial charge in [-0.3, -0.25) is 4.68 Å². The third-order valence-electron chi connectivity index (χ3n) is 3.37. The van der Waals surface area contributed by atoms with E-state index in [4.69, 9.17) is 0 Å².